The molecule has 5 heteroatoms. The largest absolute Gasteiger partial charge is 0.358 e. The molecule has 134 valence electrons. The molecule has 1 heterocycles. The minimum absolute atomic E-state index is 0.151. The predicted molar refractivity (Wildman–Crippen MR) is 107 cm³/mol. The fourth-order valence-electron chi connectivity index (χ4n) is 3.75. The summed E-state index contributed by atoms with van der Waals surface area (Å²) in [5, 5.41) is 4.75. The van der Waals surface area contributed by atoms with E-state index in [2.05, 4.69) is 35.4 Å². The van der Waals surface area contributed by atoms with Crippen molar-refractivity contribution in [2.45, 2.75) is 25.3 Å². The first-order chi connectivity index (χ1) is 12.5. The number of aromatic amines is 1. The fourth-order valence-corrected chi connectivity index (χ4v) is 3.94. The molecule has 2 aromatic carbocycles. The van der Waals surface area contributed by atoms with Gasteiger partial charge in [-0.05, 0) is 75.3 Å². The maximum Gasteiger partial charge on any atom is 0.255 e. The third-order valence-electron chi connectivity index (χ3n) is 5.24. The lowest BCUT2D eigenvalue weighted by Gasteiger charge is -2.28. The number of nitrogens with zero attached hydrogens (tertiary/aromatic N) is 1. The van der Waals surface area contributed by atoms with Crippen LogP contribution in [-0.4, -0.2) is 35.9 Å². The van der Waals surface area contributed by atoms with Gasteiger partial charge in [0.25, 0.3) is 5.91 Å². The highest BCUT2D eigenvalue weighted by atomic mass is 35.5. The second-order valence-electron chi connectivity index (χ2n) is 7.17. The number of fused-ring (bicyclic) bond motifs is 3. The predicted octanol–water partition coefficient (Wildman–Crippen LogP) is 4.49. The van der Waals surface area contributed by atoms with E-state index in [-0.39, 0.29) is 5.91 Å². The van der Waals surface area contributed by atoms with Crippen LogP contribution in [0, 0.1) is 0 Å². The molecule has 0 bridgehead atoms. The first-order valence-electron chi connectivity index (χ1n) is 8.88. The van der Waals surface area contributed by atoms with Crippen LogP contribution in [0.15, 0.2) is 42.5 Å². The molecule has 4 rings (SSSR count). The summed E-state index contributed by atoms with van der Waals surface area (Å²) in [6.45, 7) is 0. The Bertz CT molecular complexity index is 977. The van der Waals surface area contributed by atoms with E-state index in [1.165, 1.54) is 23.1 Å². The molecule has 4 nitrogen and oxygen atoms in total. The maximum absolute atomic E-state index is 12.5. The zero-order valence-electron chi connectivity index (χ0n) is 15.0. The summed E-state index contributed by atoms with van der Waals surface area (Å²) in [6, 6.07) is 13.6. The Morgan fingerprint density at radius 3 is 2.85 bits per heavy atom. The van der Waals surface area contributed by atoms with Gasteiger partial charge >= 0.3 is 0 Å². The zero-order chi connectivity index (χ0) is 18.3. The number of aryl methyl sites for hydroxylation is 1. The number of hydrogen-bond acceptors (Lipinski definition) is 2. The van der Waals surface area contributed by atoms with Crippen LogP contribution < -0.4 is 5.32 Å². The molecule has 0 saturated carbocycles. The van der Waals surface area contributed by atoms with Crippen LogP contribution >= 0.6 is 11.6 Å². The Kier molecular flexibility index (Phi) is 4.47. The van der Waals surface area contributed by atoms with E-state index in [4.69, 9.17) is 11.6 Å². The van der Waals surface area contributed by atoms with Gasteiger partial charge in [0.05, 0.1) is 0 Å². The van der Waals surface area contributed by atoms with Crippen LogP contribution in [0.4, 0.5) is 5.69 Å². The van der Waals surface area contributed by atoms with Gasteiger partial charge in [-0.15, -0.1) is 0 Å². The fraction of sp³-hybridized carbons (Fsp3) is 0.286. The molecule has 2 N–H and O–H groups in total. The summed E-state index contributed by atoms with van der Waals surface area (Å²) in [5.41, 5.74) is 5.20. The standard InChI is InChI=1S/C21H22ClN3O/c1-25(2)16-7-9-20-18(12-16)17-11-15(6-8-19(17)24-20)23-21(26)13-4-3-5-14(22)10-13/h3-6,8,10-11,16,24H,7,9,12H2,1-2H3,(H,23,26). The molecule has 1 aromatic heterocycles. The number of carbonyl (C=O) groups is 1. The van der Waals surface area contributed by atoms with Crippen LogP contribution in [0.3, 0.4) is 0 Å². The van der Waals surface area contributed by atoms with E-state index in [1.807, 2.05) is 12.1 Å². The van der Waals surface area contributed by atoms with Crippen molar-refractivity contribution in [2.24, 2.45) is 0 Å². The molecule has 0 aliphatic heterocycles. The number of benzene rings is 2. The molecule has 1 aliphatic carbocycles. The lowest BCUT2D eigenvalue weighted by atomic mass is 9.91. The molecule has 3 aromatic rings. The highest BCUT2D eigenvalue weighted by Crippen LogP contribution is 2.32. The van der Waals surface area contributed by atoms with Crippen molar-refractivity contribution in [1.82, 2.24) is 9.88 Å². The quantitative estimate of drug-likeness (QED) is 0.716. The molecule has 1 aliphatic rings. The topological polar surface area (TPSA) is 48.1 Å². The van der Waals surface area contributed by atoms with Gasteiger partial charge < -0.3 is 15.2 Å². The van der Waals surface area contributed by atoms with Crippen molar-refractivity contribution in [3.63, 3.8) is 0 Å². The highest BCUT2D eigenvalue weighted by Gasteiger charge is 2.23. The number of H-pyrrole nitrogens is 1. The normalized spacial score (nSPS) is 16.7. The molecular weight excluding hydrogens is 346 g/mol. The van der Waals surface area contributed by atoms with Gasteiger partial charge in [0.1, 0.15) is 0 Å². The van der Waals surface area contributed by atoms with E-state index < -0.39 is 0 Å². The molecule has 1 amide bonds. The minimum Gasteiger partial charge on any atom is -0.358 e. The van der Waals surface area contributed by atoms with Gasteiger partial charge in [-0.2, -0.15) is 0 Å². The van der Waals surface area contributed by atoms with E-state index in [0.29, 0.717) is 16.6 Å². The maximum atomic E-state index is 12.5. The average Bonchev–Trinajstić information content (AvgIpc) is 2.99. The van der Waals surface area contributed by atoms with Crippen molar-refractivity contribution in [3.05, 3.63) is 64.3 Å². The third kappa shape index (κ3) is 3.22. The molecule has 0 radical (unpaired) electrons. The van der Waals surface area contributed by atoms with Gasteiger partial charge in [-0.25, -0.2) is 0 Å². The Morgan fingerprint density at radius 1 is 1.23 bits per heavy atom. The number of halogens is 1. The number of rotatable bonds is 3. The van der Waals surface area contributed by atoms with Crippen molar-refractivity contribution in [3.8, 4) is 0 Å². The third-order valence-corrected chi connectivity index (χ3v) is 5.47. The van der Waals surface area contributed by atoms with Crippen molar-refractivity contribution in [1.29, 1.82) is 0 Å². The average molecular weight is 368 g/mol. The highest BCUT2D eigenvalue weighted by molar-refractivity contribution is 6.31. The van der Waals surface area contributed by atoms with Crippen molar-refractivity contribution < 1.29 is 4.79 Å². The number of nitrogens with one attached hydrogen (secondary N) is 2. The number of aromatic nitrogens is 1. The zero-order valence-corrected chi connectivity index (χ0v) is 15.7. The Labute approximate surface area is 158 Å². The summed E-state index contributed by atoms with van der Waals surface area (Å²) in [7, 11) is 4.28. The van der Waals surface area contributed by atoms with Crippen molar-refractivity contribution in [2.75, 3.05) is 19.4 Å². The molecule has 1 atom stereocenters. The molecule has 0 saturated heterocycles. The summed E-state index contributed by atoms with van der Waals surface area (Å²) in [5.74, 6) is -0.151. The molecule has 0 fully saturated rings. The number of likely N-dealkylation sites (N-methyl/N-ethyl adjacent to an activating group) is 1. The molecule has 1 unspecified atom stereocenters. The van der Waals surface area contributed by atoms with Crippen molar-refractivity contribution >= 4 is 34.1 Å². The Hall–Kier alpha value is -2.30. The van der Waals surface area contributed by atoms with Gasteiger partial charge in [0.2, 0.25) is 0 Å². The summed E-state index contributed by atoms with van der Waals surface area (Å²) in [4.78, 5) is 18.3. The summed E-state index contributed by atoms with van der Waals surface area (Å²) >= 11 is 5.99. The lowest BCUT2D eigenvalue weighted by Crippen LogP contribution is -2.33. The van der Waals surface area contributed by atoms with Crippen LogP contribution in [0.25, 0.3) is 10.9 Å². The number of amides is 1. The van der Waals surface area contributed by atoms with Crippen LogP contribution in [-0.2, 0) is 12.8 Å². The molecule has 26 heavy (non-hydrogen) atoms. The van der Waals surface area contributed by atoms with E-state index >= 15 is 0 Å². The number of anilines is 1. The second-order valence-corrected chi connectivity index (χ2v) is 7.60. The van der Waals surface area contributed by atoms with Crippen LogP contribution in [0.5, 0.6) is 0 Å². The number of carbonyl (C=O) groups excluding carboxylic acids is 1. The Morgan fingerprint density at radius 2 is 2.08 bits per heavy atom. The lowest BCUT2D eigenvalue weighted by molar-refractivity contribution is 0.102. The number of hydrogen-bond donors (Lipinski definition) is 2. The van der Waals surface area contributed by atoms with Gasteiger partial charge in [-0.1, -0.05) is 17.7 Å². The van der Waals surface area contributed by atoms with E-state index in [9.17, 15) is 4.79 Å². The second kappa shape index (κ2) is 6.78. The first-order valence-corrected chi connectivity index (χ1v) is 9.26. The smallest absolute Gasteiger partial charge is 0.255 e. The summed E-state index contributed by atoms with van der Waals surface area (Å²) < 4.78 is 0. The molecule has 0 spiro atoms. The van der Waals surface area contributed by atoms with Crippen LogP contribution in [0.1, 0.15) is 28.0 Å². The van der Waals surface area contributed by atoms with E-state index in [0.717, 1.165) is 24.0 Å². The summed E-state index contributed by atoms with van der Waals surface area (Å²) in [6.07, 6.45) is 3.27. The van der Waals surface area contributed by atoms with E-state index in [1.54, 1.807) is 24.3 Å². The first kappa shape index (κ1) is 17.1. The SMILES string of the molecule is CN(C)C1CCc2[nH]c3ccc(NC(=O)c4cccc(Cl)c4)cc3c2C1. The van der Waals surface area contributed by atoms with Gasteiger partial charge in [0, 0.05) is 38.9 Å². The van der Waals surface area contributed by atoms with Crippen LogP contribution in [0.2, 0.25) is 5.02 Å². The van der Waals surface area contributed by atoms with Gasteiger partial charge in [0.15, 0.2) is 0 Å². The monoisotopic (exact) mass is 367 g/mol. The van der Waals surface area contributed by atoms with Gasteiger partial charge in [-0.3, -0.25) is 4.79 Å². The Balaban J connectivity index is 1.63. The minimum atomic E-state index is -0.151. The molecular formula is C21H22ClN3O.